The Morgan fingerprint density at radius 2 is 2.33 bits per heavy atom. The van der Waals surface area contributed by atoms with Gasteiger partial charge in [-0.3, -0.25) is 0 Å². The molecule has 0 rings (SSSR count). The molecule has 0 saturated carbocycles. The average Bonchev–Trinajstić information content (AvgIpc) is 1.61. The monoisotopic (exact) mass is 101 g/mol. The summed E-state index contributed by atoms with van der Waals surface area (Å²) in [6.07, 6.45) is 3.31. The largest absolute Gasteiger partial charge is 0.0868 e. The molecule has 0 aromatic heterocycles. The summed E-state index contributed by atoms with van der Waals surface area (Å²) in [5.41, 5.74) is 0. The van der Waals surface area contributed by atoms with Crippen molar-refractivity contribution in [1.29, 1.82) is 0 Å². The van der Waals surface area contributed by atoms with E-state index in [4.69, 9.17) is 0 Å². The van der Waals surface area contributed by atoms with Gasteiger partial charge in [0.25, 0.3) is 0 Å². The zero-order valence-corrected chi connectivity index (χ0v) is 5.20. The maximum absolute atomic E-state index is 2.17. The first-order valence-electron chi connectivity index (χ1n) is 2.19. The minimum atomic E-state index is 1.24. The maximum atomic E-state index is 2.17. The summed E-state index contributed by atoms with van der Waals surface area (Å²) in [5.74, 6) is 2.15. The normalized spacial score (nSPS) is 12.3. The van der Waals surface area contributed by atoms with Crippen molar-refractivity contribution in [1.82, 2.24) is 0 Å². The second-order valence-corrected chi connectivity index (χ2v) is 2.28. The lowest BCUT2D eigenvalue weighted by Gasteiger charge is -1.75. The molecule has 0 aliphatic carbocycles. The van der Waals surface area contributed by atoms with Crippen molar-refractivity contribution in [2.75, 3.05) is 6.16 Å². The molecule has 1 heteroatoms. The fourth-order valence-electron chi connectivity index (χ4n) is 0.211. The standard InChI is InChI=1S/C5H10P/c1-3-5-6-4-2/h3,5H,4H2,1-2H3/b5-3-. The molecule has 35 valence electrons. The highest BCUT2D eigenvalue weighted by Crippen LogP contribution is 2.07. The first-order chi connectivity index (χ1) is 2.91. The van der Waals surface area contributed by atoms with Crippen LogP contribution < -0.4 is 0 Å². The van der Waals surface area contributed by atoms with Gasteiger partial charge in [0.1, 0.15) is 0 Å². The molecule has 0 N–H and O–H groups in total. The molecule has 6 heavy (non-hydrogen) atoms. The van der Waals surface area contributed by atoms with Gasteiger partial charge in [0.2, 0.25) is 0 Å². The first-order valence-corrected chi connectivity index (χ1v) is 3.34. The van der Waals surface area contributed by atoms with Gasteiger partial charge >= 0.3 is 0 Å². The van der Waals surface area contributed by atoms with Gasteiger partial charge in [0.15, 0.2) is 0 Å². The van der Waals surface area contributed by atoms with E-state index in [0.29, 0.717) is 0 Å². The summed E-state index contributed by atoms with van der Waals surface area (Å²) >= 11 is 0. The molecule has 0 aliphatic rings. The second kappa shape index (κ2) is 5.17. The predicted molar refractivity (Wildman–Crippen MR) is 32.3 cm³/mol. The number of hydrogen-bond acceptors (Lipinski definition) is 0. The van der Waals surface area contributed by atoms with Crippen molar-refractivity contribution in [3.8, 4) is 0 Å². The average molecular weight is 101 g/mol. The third kappa shape index (κ3) is 4.17. The Labute approximate surface area is 41.4 Å². The van der Waals surface area contributed by atoms with E-state index in [2.05, 4.69) is 18.8 Å². The van der Waals surface area contributed by atoms with Crippen LogP contribution >= 0.6 is 8.58 Å². The van der Waals surface area contributed by atoms with Crippen molar-refractivity contribution in [3.05, 3.63) is 11.9 Å². The molecule has 0 saturated heterocycles. The van der Waals surface area contributed by atoms with E-state index >= 15 is 0 Å². The van der Waals surface area contributed by atoms with Crippen LogP contribution in [0.2, 0.25) is 0 Å². The van der Waals surface area contributed by atoms with Gasteiger partial charge in [-0.05, 0) is 13.1 Å². The van der Waals surface area contributed by atoms with E-state index < -0.39 is 0 Å². The third-order valence-corrected chi connectivity index (χ3v) is 1.31. The lowest BCUT2D eigenvalue weighted by molar-refractivity contribution is 1.52. The number of hydrogen-bond donors (Lipinski definition) is 0. The Bertz CT molecular complexity index is 39.2. The van der Waals surface area contributed by atoms with Gasteiger partial charge in [-0.2, -0.15) is 0 Å². The van der Waals surface area contributed by atoms with Crippen molar-refractivity contribution < 1.29 is 0 Å². The topological polar surface area (TPSA) is 0 Å². The minimum Gasteiger partial charge on any atom is -0.0868 e. The van der Waals surface area contributed by atoms with Gasteiger partial charge in [-0.15, -0.1) is 0 Å². The molecule has 0 nitrogen and oxygen atoms in total. The number of rotatable bonds is 2. The fraction of sp³-hybridized carbons (Fsp3) is 0.600. The molecule has 0 aromatic rings. The lowest BCUT2D eigenvalue weighted by atomic mass is 10.8. The molecule has 1 radical (unpaired) electrons. The van der Waals surface area contributed by atoms with Gasteiger partial charge in [-0.1, -0.05) is 27.4 Å². The van der Waals surface area contributed by atoms with E-state index in [1.807, 2.05) is 6.92 Å². The summed E-state index contributed by atoms with van der Waals surface area (Å²) in [6, 6.07) is 0. The van der Waals surface area contributed by atoms with E-state index in [0.717, 1.165) is 0 Å². The predicted octanol–water partition coefficient (Wildman–Crippen LogP) is 2.49. The molecule has 0 fully saturated rings. The van der Waals surface area contributed by atoms with Crippen molar-refractivity contribution in [2.45, 2.75) is 13.8 Å². The van der Waals surface area contributed by atoms with Crippen LogP contribution in [0.15, 0.2) is 11.9 Å². The van der Waals surface area contributed by atoms with Crippen molar-refractivity contribution in [2.24, 2.45) is 0 Å². The fourth-order valence-corrected chi connectivity index (χ4v) is 0.632. The van der Waals surface area contributed by atoms with E-state index in [1.165, 1.54) is 14.7 Å². The highest BCUT2D eigenvalue weighted by molar-refractivity contribution is 7.41. The van der Waals surface area contributed by atoms with Crippen LogP contribution in [0.1, 0.15) is 13.8 Å². The second-order valence-electron chi connectivity index (χ2n) is 0.981. The molecule has 0 unspecified atom stereocenters. The molecule has 0 spiro atoms. The molecular weight excluding hydrogens is 91.0 g/mol. The highest BCUT2D eigenvalue weighted by atomic mass is 31.1. The van der Waals surface area contributed by atoms with Crippen LogP contribution in [0.3, 0.4) is 0 Å². The van der Waals surface area contributed by atoms with Gasteiger partial charge in [-0.25, -0.2) is 0 Å². The van der Waals surface area contributed by atoms with Crippen LogP contribution in [0.4, 0.5) is 0 Å². The Morgan fingerprint density at radius 3 is 2.50 bits per heavy atom. The molecule has 0 bridgehead atoms. The summed E-state index contributed by atoms with van der Waals surface area (Å²) in [5, 5.41) is 0. The van der Waals surface area contributed by atoms with Crippen LogP contribution in [-0.4, -0.2) is 6.16 Å². The summed E-state index contributed by atoms with van der Waals surface area (Å²) in [7, 11) is 1.43. The van der Waals surface area contributed by atoms with Crippen LogP contribution in [0, 0.1) is 0 Å². The van der Waals surface area contributed by atoms with E-state index in [1.54, 1.807) is 0 Å². The highest BCUT2D eigenvalue weighted by Gasteiger charge is 1.65. The lowest BCUT2D eigenvalue weighted by Crippen LogP contribution is -1.49. The van der Waals surface area contributed by atoms with Crippen molar-refractivity contribution in [3.63, 3.8) is 0 Å². The zero-order chi connectivity index (χ0) is 4.83. The molecule has 0 heterocycles. The first kappa shape index (κ1) is 6.17. The molecule has 0 amide bonds. The van der Waals surface area contributed by atoms with Gasteiger partial charge in [0, 0.05) is 0 Å². The van der Waals surface area contributed by atoms with Crippen molar-refractivity contribution >= 4 is 8.58 Å². The summed E-state index contributed by atoms with van der Waals surface area (Å²) in [4.78, 5) is 0. The SMILES string of the molecule is C/C=C\[P]CC. The maximum Gasteiger partial charge on any atom is -0.0278 e. The quantitative estimate of drug-likeness (QED) is 0.469. The van der Waals surface area contributed by atoms with Gasteiger partial charge < -0.3 is 0 Å². The Balaban J connectivity index is 2.66. The molecular formula is C5H10P. The zero-order valence-electron chi connectivity index (χ0n) is 4.31. The Morgan fingerprint density at radius 1 is 1.67 bits per heavy atom. The van der Waals surface area contributed by atoms with Crippen LogP contribution in [0.25, 0.3) is 0 Å². The van der Waals surface area contributed by atoms with E-state index in [9.17, 15) is 0 Å². The van der Waals surface area contributed by atoms with Gasteiger partial charge in [0.05, 0.1) is 0 Å². The molecule has 0 aliphatic heterocycles. The molecule has 0 aromatic carbocycles. The Hall–Kier alpha value is 0.170. The Kier molecular flexibility index (Phi) is 5.32. The smallest absolute Gasteiger partial charge is 0.0278 e. The third-order valence-electron chi connectivity index (χ3n) is 0.437. The van der Waals surface area contributed by atoms with Crippen LogP contribution in [0.5, 0.6) is 0 Å². The number of allylic oxidation sites excluding steroid dienone is 1. The van der Waals surface area contributed by atoms with E-state index in [-0.39, 0.29) is 0 Å². The van der Waals surface area contributed by atoms with Crippen LogP contribution in [-0.2, 0) is 0 Å². The minimum absolute atomic E-state index is 1.24. The summed E-state index contributed by atoms with van der Waals surface area (Å²) in [6.45, 7) is 4.21. The summed E-state index contributed by atoms with van der Waals surface area (Å²) < 4.78 is 0. The molecule has 0 atom stereocenters.